The Balaban J connectivity index is 2.90. The van der Waals surface area contributed by atoms with Crippen molar-refractivity contribution in [2.24, 2.45) is 5.73 Å². The molecule has 0 aromatic carbocycles. The third kappa shape index (κ3) is 2.32. The molecule has 1 heterocycles. The van der Waals surface area contributed by atoms with Crippen LogP contribution >= 0.6 is 0 Å². The molecular weight excluding hydrogens is 183 g/mol. The van der Waals surface area contributed by atoms with E-state index in [0.717, 1.165) is 12.3 Å². The van der Waals surface area contributed by atoms with E-state index in [1.165, 1.54) is 6.07 Å². The van der Waals surface area contributed by atoms with E-state index in [4.69, 9.17) is 11.5 Å². The fraction of sp³-hybridized carbons (Fsp3) is 0.286. The summed E-state index contributed by atoms with van der Waals surface area (Å²) < 4.78 is 36.1. The molecule has 0 aliphatic heterocycles. The zero-order valence-corrected chi connectivity index (χ0v) is 6.55. The van der Waals surface area contributed by atoms with Gasteiger partial charge in [-0.15, -0.1) is 0 Å². The summed E-state index contributed by atoms with van der Waals surface area (Å²) in [5.74, 6) is 0. The van der Waals surface area contributed by atoms with Gasteiger partial charge in [0.25, 0.3) is 0 Å². The first-order chi connectivity index (χ1) is 5.91. The topological polar surface area (TPSA) is 64.9 Å². The van der Waals surface area contributed by atoms with Crippen LogP contribution in [-0.2, 0) is 0 Å². The van der Waals surface area contributed by atoms with Crippen molar-refractivity contribution in [3.05, 3.63) is 24.0 Å². The lowest BCUT2D eigenvalue weighted by molar-refractivity contribution is -0.149. The van der Waals surface area contributed by atoms with Gasteiger partial charge < -0.3 is 11.5 Å². The molecule has 1 unspecified atom stereocenters. The number of hydrogen-bond donors (Lipinski definition) is 2. The normalized spacial score (nSPS) is 14.2. The summed E-state index contributed by atoms with van der Waals surface area (Å²) in [6.45, 7) is 0. The van der Waals surface area contributed by atoms with E-state index >= 15 is 0 Å². The Hall–Kier alpha value is -1.30. The fourth-order valence-corrected chi connectivity index (χ4v) is 0.768. The molecule has 0 aliphatic carbocycles. The molecule has 6 heteroatoms. The highest BCUT2D eigenvalue weighted by Crippen LogP contribution is 2.29. The molecule has 0 aliphatic rings. The Bertz CT molecular complexity index is 280. The summed E-state index contributed by atoms with van der Waals surface area (Å²) in [5, 5.41) is 0. The zero-order chi connectivity index (χ0) is 10.1. The number of halogens is 3. The lowest BCUT2D eigenvalue weighted by Gasteiger charge is -2.14. The number of alkyl halides is 3. The Morgan fingerprint density at radius 3 is 2.31 bits per heavy atom. The molecule has 4 N–H and O–H groups in total. The van der Waals surface area contributed by atoms with Crippen LogP contribution in [0.3, 0.4) is 0 Å². The SMILES string of the molecule is Nc1ccc(C(N)C(F)(F)F)nc1. The third-order valence-electron chi connectivity index (χ3n) is 1.48. The molecule has 0 saturated carbocycles. The van der Waals surface area contributed by atoms with Crippen LogP contribution in [0.2, 0.25) is 0 Å². The smallest absolute Gasteiger partial charge is 0.397 e. The van der Waals surface area contributed by atoms with Crippen LogP contribution in [-0.4, -0.2) is 11.2 Å². The highest BCUT2D eigenvalue weighted by Gasteiger charge is 2.38. The van der Waals surface area contributed by atoms with Gasteiger partial charge in [-0.25, -0.2) is 0 Å². The average Bonchev–Trinajstić information content (AvgIpc) is 2.03. The summed E-state index contributed by atoms with van der Waals surface area (Å²) in [4.78, 5) is 3.47. The number of aromatic nitrogens is 1. The Morgan fingerprint density at radius 1 is 1.31 bits per heavy atom. The number of nitrogen functional groups attached to an aromatic ring is 1. The molecule has 1 aromatic heterocycles. The predicted molar refractivity (Wildman–Crippen MR) is 41.6 cm³/mol. The molecule has 1 atom stereocenters. The molecule has 13 heavy (non-hydrogen) atoms. The van der Waals surface area contributed by atoms with Gasteiger partial charge in [-0.1, -0.05) is 0 Å². The standard InChI is InChI=1S/C7H8F3N3/c8-7(9,10)6(12)5-2-1-4(11)3-13-5/h1-3,6H,11-12H2. The van der Waals surface area contributed by atoms with Crippen LogP contribution in [0.1, 0.15) is 11.7 Å². The molecule has 3 nitrogen and oxygen atoms in total. The molecule has 1 aromatic rings. The Kier molecular flexibility index (Phi) is 2.42. The van der Waals surface area contributed by atoms with Crippen molar-refractivity contribution in [2.75, 3.05) is 5.73 Å². The molecule has 0 fully saturated rings. The van der Waals surface area contributed by atoms with Gasteiger partial charge in [-0.05, 0) is 12.1 Å². The highest BCUT2D eigenvalue weighted by atomic mass is 19.4. The van der Waals surface area contributed by atoms with Gasteiger partial charge in [0.2, 0.25) is 0 Å². The van der Waals surface area contributed by atoms with E-state index in [0.29, 0.717) is 5.69 Å². The van der Waals surface area contributed by atoms with Crippen molar-refractivity contribution in [3.8, 4) is 0 Å². The first kappa shape index (κ1) is 9.79. The quantitative estimate of drug-likeness (QED) is 0.701. The fourth-order valence-electron chi connectivity index (χ4n) is 0.768. The summed E-state index contributed by atoms with van der Waals surface area (Å²) in [5.41, 5.74) is 10.2. The van der Waals surface area contributed by atoms with E-state index in [1.807, 2.05) is 0 Å². The van der Waals surface area contributed by atoms with Gasteiger partial charge in [0.05, 0.1) is 17.6 Å². The number of nitrogens with two attached hydrogens (primary N) is 2. The predicted octanol–water partition coefficient (Wildman–Crippen LogP) is 1.23. The molecule has 0 bridgehead atoms. The molecule has 72 valence electrons. The van der Waals surface area contributed by atoms with E-state index in [1.54, 1.807) is 0 Å². The lowest BCUT2D eigenvalue weighted by atomic mass is 10.2. The minimum absolute atomic E-state index is 0.235. The number of rotatable bonds is 1. The molecule has 0 spiro atoms. The van der Waals surface area contributed by atoms with Crippen molar-refractivity contribution < 1.29 is 13.2 Å². The monoisotopic (exact) mass is 191 g/mol. The van der Waals surface area contributed by atoms with Gasteiger partial charge in [0.1, 0.15) is 6.04 Å². The minimum atomic E-state index is -4.47. The second-order valence-electron chi connectivity index (χ2n) is 2.54. The van der Waals surface area contributed by atoms with Crippen molar-refractivity contribution in [3.63, 3.8) is 0 Å². The van der Waals surface area contributed by atoms with Crippen molar-refractivity contribution in [1.82, 2.24) is 4.98 Å². The summed E-state index contributed by atoms with van der Waals surface area (Å²) in [7, 11) is 0. The number of nitrogens with zero attached hydrogens (tertiary/aromatic N) is 1. The van der Waals surface area contributed by atoms with Crippen LogP contribution in [0.15, 0.2) is 18.3 Å². The van der Waals surface area contributed by atoms with Crippen LogP contribution in [0.4, 0.5) is 18.9 Å². The maximum Gasteiger partial charge on any atom is 0.409 e. The maximum absolute atomic E-state index is 12.0. The second kappa shape index (κ2) is 3.21. The molecule has 0 radical (unpaired) electrons. The number of pyridine rings is 1. The van der Waals surface area contributed by atoms with Crippen molar-refractivity contribution in [1.29, 1.82) is 0 Å². The second-order valence-corrected chi connectivity index (χ2v) is 2.54. The summed E-state index contributed by atoms with van der Waals surface area (Å²) >= 11 is 0. The minimum Gasteiger partial charge on any atom is -0.397 e. The third-order valence-corrected chi connectivity index (χ3v) is 1.48. The molecule has 1 rings (SSSR count). The highest BCUT2D eigenvalue weighted by molar-refractivity contribution is 5.35. The molecular formula is C7H8F3N3. The van der Waals surface area contributed by atoms with Crippen LogP contribution in [0, 0.1) is 0 Å². The van der Waals surface area contributed by atoms with Gasteiger partial charge in [0.15, 0.2) is 0 Å². The van der Waals surface area contributed by atoms with Crippen LogP contribution < -0.4 is 11.5 Å². The Labute approximate surface area is 72.6 Å². The first-order valence-electron chi connectivity index (χ1n) is 3.45. The first-order valence-corrected chi connectivity index (χ1v) is 3.45. The van der Waals surface area contributed by atoms with Crippen LogP contribution in [0.25, 0.3) is 0 Å². The largest absolute Gasteiger partial charge is 0.409 e. The maximum atomic E-state index is 12.0. The number of hydrogen-bond acceptors (Lipinski definition) is 3. The molecule has 0 saturated heterocycles. The van der Waals surface area contributed by atoms with Gasteiger partial charge in [-0.2, -0.15) is 13.2 Å². The van der Waals surface area contributed by atoms with Gasteiger partial charge in [0, 0.05) is 0 Å². The lowest BCUT2D eigenvalue weighted by Crippen LogP contribution is -2.29. The van der Waals surface area contributed by atoms with Crippen molar-refractivity contribution >= 4 is 5.69 Å². The van der Waals surface area contributed by atoms with Crippen molar-refractivity contribution in [2.45, 2.75) is 12.2 Å². The average molecular weight is 191 g/mol. The van der Waals surface area contributed by atoms with E-state index in [2.05, 4.69) is 4.98 Å². The van der Waals surface area contributed by atoms with Gasteiger partial charge >= 0.3 is 6.18 Å². The zero-order valence-electron chi connectivity index (χ0n) is 6.55. The van der Waals surface area contributed by atoms with E-state index in [-0.39, 0.29) is 5.69 Å². The summed E-state index contributed by atoms with van der Waals surface area (Å²) in [6.07, 6.45) is -3.33. The van der Waals surface area contributed by atoms with E-state index in [9.17, 15) is 13.2 Å². The number of anilines is 1. The summed E-state index contributed by atoms with van der Waals surface area (Å²) in [6, 6.07) is 0.439. The molecule has 0 amide bonds. The van der Waals surface area contributed by atoms with E-state index < -0.39 is 12.2 Å². The Morgan fingerprint density at radius 2 is 1.92 bits per heavy atom. The van der Waals surface area contributed by atoms with Crippen LogP contribution in [0.5, 0.6) is 0 Å². The van der Waals surface area contributed by atoms with Gasteiger partial charge in [-0.3, -0.25) is 4.98 Å².